The van der Waals surface area contributed by atoms with Crippen LogP contribution >= 0.6 is 11.6 Å². The number of benzene rings is 2. The molecule has 0 radical (unpaired) electrons. The first-order valence-electron chi connectivity index (χ1n) is 7.41. The molecular weight excluding hydrogens is 345 g/mol. The number of nitrogens with one attached hydrogen (secondary N) is 1. The van der Waals surface area contributed by atoms with E-state index in [0.29, 0.717) is 11.3 Å². The predicted octanol–water partition coefficient (Wildman–Crippen LogP) is 4.55. The zero-order valence-electron chi connectivity index (χ0n) is 13.2. The maximum Gasteiger partial charge on any atom is 0.336 e. The van der Waals surface area contributed by atoms with Gasteiger partial charge in [0.05, 0.1) is 5.02 Å². The zero-order chi connectivity index (χ0) is 18.0. The highest BCUT2D eigenvalue weighted by Crippen LogP contribution is 2.22. The molecule has 0 atom stereocenters. The third-order valence-corrected chi connectivity index (χ3v) is 3.95. The van der Waals surface area contributed by atoms with Gasteiger partial charge in [-0.25, -0.2) is 9.18 Å². The SMILES string of the molecule is Cc1cc(=O)oc2cc(NC(=O)/C=C/c3c(F)cccc3Cl)ccc12. The van der Waals surface area contributed by atoms with E-state index in [-0.39, 0.29) is 10.6 Å². The molecule has 1 N–H and O–H groups in total. The van der Waals surface area contributed by atoms with Crippen LogP contribution in [0.4, 0.5) is 10.1 Å². The van der Waals surface area contributed by atoms with E-state index in [1.807, 2.05) is 0 Å². The maximum atomic E-state index is 13.7. The summed E-state index contributed by atoms with van der Waals surface area (Å²) in [6, 6.07) is 10.7. The van der Waals surface area contributed by atoms with E-state index in [9.17, 15) is 14.0 Å². The lowest BCUT2D eigenvalue weighted by atomic mass is 10.1. The maximum absolute atomic E-state index is 13.7. The summed E-state index contributed by atoms with van der Waals surface area (Å²) in [4.78, 5) is 23.5. The number of rotatable bonds is 3. The van der Waals surface area contributed by atoms with Crippen molar-refractivity contribution >= 4 is 40.2 Å². The van der Waals surface area contributed by atoms with E-state index >= 15 is 0 Å². The van der Waals surface area contributed by atoms with Crippen LogP contribution in [0, 0.1) is 12.7 Å². The molecule has 0 aliphatic carbocycles. The Morgan fingerprint density at radius 2 is 2.04 bits per heavy atom. The molecule has 4 nitrogen and oxygen atoms in total. The second-order valence-electron chi connectivity index (χ2n) is 5.42. The third kappa shape index (κ3) is 3.78. The van der Waals surface area contributed by atoms with Gasteiger partial charge >= 0.3 is 5.63 Å². The minimum Gasteiger partial charge on any atom is -0.423 e. The lowest BCUT2D eigenvalue weighted by Crippen LogP contribution is -2.08. The van der Waals surface area contributed by atoms with Crippen LogP contribution < -0.4 is 10.9 Å². The van der Waals surface area contributed by atoms with Crippen molar-refractivity contribution in [3.63, 3.8) is 0 Å². The fraction of sp³-hybridized carbons (Fsp3) is 0.0526. The minimum absolute atomic E-state index is 0.138. The van der Waals surface area contributed by atoms with E-state index in [2.05, 4.69) is 5.32 Å². The van der Waals surface area contributed by atoms with Crippen LogP contribution in [-0.4, -0.2) is 5.91 Å². The summed E-state index contributed by atoms with van der Waals surface area (Å²) in [5.74, 6) is -0.979. The molecule has 3 rings (SSSR count). The number of amides is 1. The van der Waals surface area contributed by atoms with Crippen LogP contribution in [0.1, 0.15) is 11.1 Å². The summed E-state index contributed by atoms with van der Waals surface area (Å²) in [5, 5.41) is 3.63. The highest BCUT2D eigenvalue weighted by atomic mass is 35.5. The van der Waals surface area contributed by atoms with Crippen LogP contribution in [0.3, 0.4) is 0 Å². The largest absolute Gasteiger partial charge is 0.423 e. The second-order valence-corrected chi connectivity index (χ2v) is 5.82. The molecule has 0 aliphatic heterocycles. The predicted molar refractivity (Wildman–Crippen MR) is 96.3 cm³/mol. The fourth-order valence-corrected chi connectivity index (χ4v) is 2.64. The van der Waals surface area contributed by atoms with Crippen LogP contribution in [0.5, 0.6) is 0 Å². The minimum atomic E-state index is -0.514. The average molecular weight is 358 g/mol. The van der Waals surface area contributed by atoms with E-state index in [0.717, 1.165) is 10.9 Å². The van der Waals surface area contributed by atoms with Gasteiger partial charge in [-0.15, -0.1) is 0 Å². The Labute approximate surface area is 147 Å². The molecule has 0 bridgehead atoms. The van der Waals surface area contributed by atoms with Gasteiger partial charge in [0.25, 0.3) is 0 Å². The number of hydrogen-bond acceptors (Lipinski definition) is 3. The molecule has 0 saturated heterocycles. The first kappa shape index (κ1) is 16.9. The first-order chi connectivity index (χ1) is 11.9. The first-order valence-corrected chi connectivity index (χ1v) is 7.79. The molecule has 3 aromatic rings. The Hall–Kier alpha value is -2.92. The number of anilines is 1. The van der Waals surface area contributed by atoms with Crippen LogP contribution in [0.15, 0.2) is 57.8 Å². The Morgan fingerprint density at radius 1 is 1.24 bits per heavy atom. The summed E-state index contributed by atoms with van der Waals surface area (Å²) in [5.41, 5.74) is 1.31. The molecule has 0 unspecified atom stereocenters. The van der Waals surface area contributed by atoms with Gasteiger partial charge in [-0.2, -0.15) is 0 Å². The highest BCUT2D eigenvalue weighted by molar-refractivity contribution is 6.32. The molecule has 0 saturated carbocycles. The molecule has 6 heteroatoms. The number of fused-ring (bicyclic) bond motifs is 1. The van der Waals surface area contributed by atoms with Gasteiger partial charge in [-0.05, 0) is 42.8 Å². The Bertz CT molecular complexity index is 1040. The third-order valence-electron chi connectivity index (χ3n) is 3.62. The van der Waals surface area contributed by atoms with Crippen molar-refractivity contribution in [1.82, 2.24) is 0 Å². The fourth-order valence-electron chi connectivity index (χ4n) is 2.42. The van der Waals surface area contributed by atoms with Crippen LogP contribution in [0.25, 0.3) is 17.0 Å². The number of hydrogen-bond donors (Lipinski definition) is 1. The van der Waals surface area contributed by atoms with Crippen molar-refractivity contribution in [2.75, 3.05) is 5.32 Å². The van der Waals surface area contributed by atoms with E-state index in [1.165, 1.54) is 36.4 Å². The topological polar surface area (TPSA) is 59.3 Å². The lowest BCUT2D eigenvalue weighted by molar-refractivity contribution is -0.111. The Morgan fingerprint density at radius 3 is 2.80 bits per heavy atom. The van der Waals surface area contributed by atoms with Crippen molar-refractivity contribution < 1.29 is 13.6 Å². The number of carbonyl (C=O) groups excluding carboxylic acids is 1. The molecule has 25 heavy (non-hydrogen) atoms. The standard InChI is InChI=1S/C19H13ClFNO3/c1-11-9-19(24)25-17-10-12(5-6-13(11)17)22-18(23)8-7-14-15(20)3-2-4-16(14)21/h2-10H,1H3,(H,22,23)/b8-7+. The van der Waals surface area contributed by atoms with Crippen molar-refractivity contribution in [2.45, 2.75) is 6.92 Å². The molecule has 126 valence electrons. The second kappa shape index (κ2) is 6.91. The summed E-state index contributed by atoms with van der Waals surface area (Å²) < 4.78 is 18.8. The van der Waals surface area contributed by atoms with Gasteiger partial charge in [-0.3, -0.25) is 4.79 Å². The van der Waals surface area contributed by atoms with Gasteiger partial charge in [-0.1, -0.05) is 17.7 Å². The number of halogens is 2. The van der Waals surface area contributed by atoms with Crippen molar-refractivity contribution in [2.24, 2.45) is 0 Å². The smallest absolute Gasteiger partial charge is 0.336 e. The van der Waals surface area contributed by atoms with Gasteiger partial charge in [0.1, 0.15) is 11.4 Å². The van der Waals surface area contributed by atoms with Gasteiger partial charge in [0.2, 0.25) is 5.91 Å². The molecule has 0 aliphatic rings. The van der Waals surface area contributed by atoms with Crippen molar-refractivity contribution in [3.05, 3.63) is 80.9 Å². The Kier molecular flexibility index (Phi) is 4.67. The Balaban J connectivity index is 1.82. The van der Waals surface area contributed by atoms with Crippen LogP contribution in [0.2, 0.25) is 5.02 Å². The normalized spacial score (nSPS) is 11.2. The van der Waals surface area contributed by atoms with Crippen molar-refractivity contribution in [1.29, 1.82) is 0 Å². The summed E-state index contributed by atoms with van der Waals surface area (Å²) in [6.45, 7) is 1.80. The lowest BCUT2D eigenvalue weighted by Gasteiger charge is -2.05. The summed E-state index contributed by atoms with van der Waals surface area (Å²) in [6.07, 6.45) is 2.49. The molecular formula is C19H13ClFNO3. The monoisotopic (exact) mass is 357 g/mol. The van der Waals surface area contributed by atoms with Gasteiger partial charge in [0.15, 0.2) is 0 Å². The van der Waals surface area contributed by atoms with E-state index < -0.39 is 17.3 Å². The van der Waals surface area contributed by atoms with Crippen molar-refractivity contribution in [3.8, 4) is 0 Å². The number of aryl methyl sites for hydroxylation is 1. The molecule has 1 amide bonds. The van der Waals surface area contributed by atoms with Crippen LogP contribution in [-0.2, 0) is 4.79 Å². The molecule has 0 fully saturated rings. The molecule has 2 aromatic carbocycles. The quantitative estimate of drug-likeness (QED) is 0.552. The molecule has 0 spiro atoms. The highest BCUT2D eigenvalue weighted by Gasteiger charge is 2.06. The number of carbonyl (C=O) groups is 1. The summed E-state index contributed by atoms with van der Waals surface area (Å²) >= 11 is 5.90. The zero-order valence-corrected chi connectivity index (χ0v) is 13.9. The summed E-state index contributed by atoms with van der Waals surface area (Å²) in [7, 11) is 0. The van der Waals surface area contributed by atoms with E-state index in [1.54, 1.807) is 25.1 Å². The average Bonchev–Trinajstić information content (AvgIpc) is 2.53. The molecule has 1 heterocycles. The van der Waals surface area contributed by atoms with Gasteiger partial charge in [0, 0.05) is 34.8 Å². The van der Waals surface area contributed by atoms with Gasteiger partial charge < -0.3 is 9.73 Å². The molecule has 1 aromatic heterocycles. The van der Waals surface area contributed by atoms with E-state index in [4.69, 9.17) is 16.0 Å².